The molecule has 1 aliphatic carbocycles. The number of nitrogens with two attached hydrogens (primary N) is 1. The van der Waals surface area contributed by atoms with Gasteiger partial charge in [0.15, 0.2) is 0 Å². The Kier molecular flexibility index (Phi) is 32.9. The van der Waals surface area contributed by atoms with E-state index in [9.17, 15) is 82.8 Å². The number of aliphatic hydroxyl groups is 1. The Morgan fingerprint density at radius 3 is 1.68 bits per heavy atom. The minimum atomic E-state index is -1.95. The van der Waals surface area contributed by atoms with Gasteiger partial charge in [-0.25, -0.2) is 4.79 Å². The molecule has 2 aliphatic rings. The molecule has 31 heteroatoms. The number of imide groups is 1. The maximum absolute atomic E-state index is 14.8. The molecule has 1 aliphatic heterocycles. The number of benzene rings is 3. The number of likely N-dealkylation sites (tertiary alicyclic amines) is 1. The molecule has 15 N–H and O–H groups in total. The Morgan fingerprint density at radius 1 is 0.625 bits per heavy atom. The van der Waals surface area contributed by atoms with Crippen molar-refractivity contribution in [3.05, 3.63) is 98.4 Å². The monoisotopic (exact) mass is 1480 g/mol. The lowest BCUT2D eigenvalue weighted by Crippen LogP contribution is -2.60. The maximum atomic E-state index is 14.8. The van der Waals surface area contributed by atoms with Crippen LogP contribution in [0.25, 0.3) is 0 Å². The van der Waals surface area contributed by atoms with Crippen LogP contribution in [0.5, 0.6) is 0 Å². The molecule has 0 radical (unpaired) electrons. The van der Waals surface area contributed by atoms with Gasteiger partial charge in [0.1, 0.15) is 42.3 Å². The van der Waals surface area contributed by atoms with Gasteiger partial charge >= 0.3 is 17.9 Å². The molecule has 1 heterocycles. The van der Waals surface area contributed by atoms with E-state index in [1.165, 1.54) is 0 Å². The Labute approximate surface area is 577 Å². The van der Waals surface area contributed by atoms with Crippen molar-refractivity contribution in [2.24, 2.45) is 11.7 Å². The second-order valence-electron chi connectivity index (χ2n) is 24.2. The number of nitrogens with zero attached hydrogens (tertiary/aromatic N) is 1. The van der Waals surface area contributed by atoms with Crippen LogP contribution in [0.15, 0.2) is 81.7 Å². The molecule has 1 saturated carbocycles. The zero-order valence-corrected chi connectivity index (χ0v) is 57.7. The summed E-state index contributed by atoms with van der Waals surface area (Å²) in [6.45, 7) is 5.08. The van der Waals surface area contributed by atoms with Crippen LogP contribution in [0, 0.1) is 5.92 Å². The standard InChI is InChI=1S/C65H87Br2N11O17S/c1-36(2)27-50(65(94)95)76-59(88)46(23-24-55(83)84)72-62(91)49(32-56(85)86)75-58(87)45(17-10-11-25-68)71-60(89)47(28-38-13-6-4-7-14-38)73-61(90)48(29-39-15-8-5-9-16-39)74-63(92)51(70-37(3)79)35-96-52-33-54(82)78(64(52)93)26-12-18-53(81)77-57-40(30-41(66)31-44(57)67)34-69-42-19-21-43(80)22-20-42/h4-9,13-16,30-31,36,42-43,45-52,69,80H,10-12,17-29,32-35,68H2,1-3H3,(H,70,79)(H,71,89)(H,72,91)(H,73,90)(H,74,92)(H,75,87)(H,76,88)(H,77,81)(H,83,84)(H,85,86)(H,94,95)/t42-,43-,45?,46?,47?,48?,49?,50?,51?,52?. The van der Waals surface area contributed by atoms with Crippen LogP contribution in [0.4, 0.5) is 5.69 Å². The SMILES string of the molecule is CC(=O)NC(CSC1CC(=O)N(CCCC(=O)Nc2c(Br)cc(Br)cc2CN[C@H]2CC[C@H](O)CC2)C1=O)C(=O)NC(Cc1ccccc1)C(=O)NC(Cc1ccccc1)C(=O)NC(CCCCN)C(=O)NC(CC(=O)O)C(=O)NC(CCC(=O)O)C(=O)NC(CC(C)C)C(=O)O. The smallest absolute Gasteiger partial charge is 0.326 e. The van der Waals surface area contributed by atoms with Gasteiger partial charge in [0.2, 0.25) is 59.1 Å². The number of nitrogens with one attached hydrogen (secondary N) is 9. The molecule has 5 rings (SSSR count). The van der Waals surface area contributed by atoms with Gasteiger partial charge in [-0.1, -0.05) is 90.4 Å². The van der Waals surface area contributed by atoms with Crippen LogP contribution in [0.2, 0.25) is 0 Å². The lowest BCUT2D eigenvalue weighted by atomic mass is 9.93. The molecule has 10 amide bonds. The Balaban J connectivity index is 1.30. The lowest BCUT2D eigenvalue weighted by molar-refractivity contribution is -0.144. The number of anilines is 1. The van der Waals surface area contributed by atoms with Crippen molar-refractivity contribution in [2.45, 2.75) is 190 Å². The normalized spacial score (nSPS) is 17.5. The van der Waals surface area contributed by atoms with Gasteiger partial charge in [0.05, 0.1) is 23.5 Å². The molecule has 2 fully saturated rings. The Morgan fingerprint density at radius 2 is 1.15 bits per heavy atom. The van der Waals surface area contributed by atoms with Gasteiger partial charge in [-0.05, 0) is 121 Å². The number of unbranched alkanes of at least 4 members (excludes halogenated alkanes) is 1. The van der Waals surface area contributed by atoms with Crippen molar-refractivity contribution in [1.82, 2.24) is 47.4 Å². The fourth-order valence-electron chi connectivity index (χ4n) is 10.8. The van der Waals surface area contributed by atoms with Crippen LogP contribution < -0.4 is 53.6 Å². The third kappa shape index (κ3) is 27.0. The van der Waals surface area contributed by atoms with Crippen LogP contribution in [0.1, 0.15) is 127 Å². The number of hydrogen-bond acceptors (Lipinski definition) is 17. The zero-order chi connectivity index (χ0) is 70.6. The highest BCUT2D eigenvalue weighted by atomic mass is 79.9. The number of carbonyl (C=O) groups excluding carboxylic acids is 10. The van der Waals surface area contributed by atoms with E-state index in [1.54, 1.807) is 80.6 Å². The highest BCUT2D eigenvalue weighted by molar-refractivity contribution is 9.11. The fourth-order valence-corrected chi connectivity index (χ4v) is 13.4. The summed E-state index contributed by atoms with van der Waals surface area (Å²) in [6, 6.07) is 9.73. The van der Waals surface area contributed by atoms with Crippen LogP contribution in [-0.2, 0) is 81.7 Å². The average Bonchev–Trinajstić information content (AvgIpc) is 1.11. The van der Waals surface area contributed by atoms with Gasteiger partial charge in [-0.3, -0.25) is 62.4 Å². The predicted octanol–water partition coefficient (Wildman–Crippen LogP) is 2.68. The predicted molar refractivity (Wildman–Crippen MR) is 361 cm³/mol. The van der Waals surface area contributed by atoms with Gasteiger partial charge in [0, 0.05) is 72.9 Å². The van der Waals surface area contributed by atoms with E-state index in [1.807, 2.05) is 6.07 Å². The number of amides is 10. The third-order valence-corrected chi connectivity index (χ3v) is 18.2. The van der Waals surface area contributed by atoms with Crippen molar-refractivity contribution < 1.29 is 82.8 Å². The van der Waals surface area contributed by atoms with Crippen molar-refractivity contribution >= 4 is 126 Å². The minimum Gasteiger partial charge on any atom is -0.481 e. The summed E-state index contributed by atoms with van der Waals surface area (Å²) in [7, 11) is 0. The summed E-state index contributed by atoms with van der Waals surface area (Å²) in [5, 5.41) is 62.0. The number of halogens is 2. The Bertz CT molecular complexity index is 3220. The highest BCUT2D eigenvalue weighted by Gasteiger charge is 2.41. The topological polar surface area (TPSA) is 440 Å². The molecule has 96 heavy (non-hydrogen) atoms. The van der Waals surface area contributed by atoms with Crippen molar-refractivity contribution in [1.29, 1.82) is 0 Å². The number of thioether (sulfide) groups is 1. The van der Waals surface area contributed by atoms with Gasteiger partial charge < -0.3 is 74.0 Å². The number of aliphatic hydroxyl groups excluding tert-OH is 1. The number of aliphatic carboxylic acids is 3. The van der Waals surface area contributed by atoms with E-state index in [0.717, 1.165) is 46.5 Å². The van der Waals surface area contributed by atoms with Crippen molar-refractivity contribution in [3.63, 3.8) is 0 Å². The minimum absolute atomic E-state index is 0.0367. The number of carboxylic acid groups (broad SMARTS) is 3. The van der Waals surface area contributed by atoms with E-state index in [-0.39, 0.29) is 94.2 Å². The second kappa shape index (κ2) is 40.0. The number of rotatable bonds is 40. The summed E-state index contributed by atoms with van der Waals surface area (Å²) in [5.74, 6) is -13.1. The summed E-state index contributed by atoms with van der Waals surface area (Å²) >= 11 is 8.01. The molecule has 0 aromatic heterocycles. The first-order chi connectivity index (χ1) is 45.6. The van der Waals surface area contributed by atoms with E-state index < -0.39 is 138 Å². The first kappa shape index (κ1) is 78.9. The van der Waals surface area contributed by atoms with Gasteiger partial charge in [-0.15, -0.1) is 11.8 Å². The summed E-state index contributed by atoms with van der Waals surface area (Å²) < 4.78 is 1.43. The summed E-state index contributed by atoms with van der Waals surface area (Å²) in [4.78, 5) is 176. The molecule has 3 aromatic carbocycles. The Hall–Kier alpha value is -7.84. The third-order valence-electron chi connectivity index (χ3n) is 15.8. The van der Waals surface area contributed by atoms with Crippen LogP contribution >= 0.6 is 43.6 Å². The molecule has 0 bridgehead atoms. The molecular weight excluding hydrogens is 1400 g/mol. The molecule has 0 spiro atoms. The van der Waals surface area contributed by atoms with Crippen LogP contribution in [-0.4, -0.2) is 181 Å². The fraction of sp³-hybridized carbons (Fsp3) is 0.523. The van der Waals surface area contributed by atoms with E-state index in [2.05, 4.69) is 79.7 Å². The molecule has 8 atom stereocenters. The van der Waals surface area contributed by atoms with Gasteiger partial charge in [-0.2, -0.15) is 0 Å². The number of hydrogen-bond donors (Lipinski definition) is 14. The lowest BCUT2D eigenvalue weighted by Gasteiger charge is -2.28. The summed E-state index contributed by atoms with van der Waals surface area (Å²) in [6.07, 6.45) is 0.227. The largest absolute Gasteiger partial charge is 0.481 e. The highest BCUT2D eigenvalue weighted by Crippen LogP contribution is 2.32. The van der Waals surface area contributed by atoms with Gasteiger partial charge in [0.25, 0.3) is 0 Å². The molecule has 524 valence electrons. The summed E-state index contributed by atoms with van der Waals surface area (Å²) in [5.41, 5.74) is 8.23. The average molecular weight is 1490 g/mol. The van der Waals surface area contributed by atoms with E-state index >= 15 is 0 Å². The maximum Gasteiger partial charge on any atom is 0.326 e. The molecule has 3 aromatic rings. The molecule has 28 nitrogen and oxygen atoms in total. The number of carbonyl (C=O) groups is 13. The molecular formula is C65H87Br2N11O17S. The first-order valence-electron chi connectivity index (χ1n) is 31.8. The van der Waals surface area contributed by atoms with Crippen LogP contribution in [0.3, 0.4) is 0 Å². The molecule has 8 unspecified atom stereocenters. The number of carboxylic acids is 3. The first-order valence-corrected chi connectivity index (χ1v) is 34.4. The van der Waals surface area contributed by atoms with E-state index in [4.69, 9.17) is 5.73 Å². The second-order valence-corrected chi connectivity index (χ2v) is 27.2. The molecule has 1 saturated heterocycles. The van der Waals surface area contributed by atoms with E-state index in [0.29, 0.717) is 47.1 Å². The quantitative estimate of drug-likeness (QED) is 0.0287. The zero-order valence-electron chi connectivity index (χ0n) is 53.7. The van der Waals surface area contributed by atoms with Crippen molar-refractivity contribution in [2.75, 3.05) is 24.2 Å². The van der Waals surface area contributed by atoms with Crippen molar-refractivity contribution in [3.8, 4) is 0 Å².